The van der Waals surface area contributed by atoms with Gasteiger partial charge in [0.05, 0.1) is 42.7 Å². The minimum absolute atomic E-state index is 0.0660. The van der Waals surface area contributed by atoms with Gasteiger partial charge in [-0.15, -0.1) is 0 Å². The van der Waals surface area contributed by atoms with Crippen molar-refractivity contribution in [2.45, 2.75) is 24.7 Å². The number of ketones is 1. The molecule has 0 N–H and O–H groups in total. The van der Waals surface area contributed by atoms with Crippen LogP contribution in [0.1, 0.15) is 35.8 Å². The van der Waals surface area contributed by atoms with E-state index in [1.165, 1.54) is 42.7 Å². The smallest absolute Gasteiger partial charge is 0.324 e. The minimum Gasteiger partial charge on any atom is -0.493 e. The zero-order valence-electron chi connectivity index (χ0n) is 20.7. The van der Waals surface area contributed by atoms with Crippen LogP contribution in [0.3, 0.4) is 0 Å². The number of rotatable bonds is 8. The molecule has 9 heteroatoms. The molecule has 0 aromatic heterocycles. The van der Waals surface area contributed by atoms with E-state index in [9.17, 15) is 14.4 Å². The molecule has 35 heavy (non-hydrogen) atoms. The van der Waals surface area contributed by atoms with Gasteiger partial charge in [0.2, 0.25) is 0 Å². The lowest BCUT2D eigenvalue weighted by Gasteiger charge is -2.45. The van der Waals surface area contributed by atoms with Gasteiger partial charge in [0, 0.05) is 24.7 Å². The maximum absolute atomic E-state index is 13.6. The third kappa shape index (κ3) is 4.38. The fourth-order valence-corrected chi connectivity index (χ4v) is 4.99. The van der Waals surface area contributed by atoms with Crippen LogP contribution < -0.4 is 18.9 Å². The van der Waals surface area contributed by atoms with Crippen LogP contribution in [0.2, 0.25) is 0 Å². The zero-order valence-corrected chi connectivity index (χ0v) is 20.7. The number of methoxy groups -OCH3 is 6. The highest BCUT2D eigenvalue weighted by Crippen LogP contribution is 2.56. The molecule has 1 fully saturated rings. The van der Waals surface area contributed by atoms with Crippen LogP contribution in [-0.2, 0) is 23.9 Å². The van der Waals surface area contributed by atoms with Gasteiger partial charge < -0.3 is 28.4 Å². The van der Waals surface area contributed by atoms with Crippen molar-refractivity contribution in [1.82, 2.24) is 0 Å². The summed E-state index contributed by atoms with van der Waals surface area (Å²) in [6.45, 7) is 0. The van der Waals surface area contributed by atoms with E-state index in [1.807, 2.05) is 0 Å². The largest absolute Gasteiger partial charge is 0.493 e. The number of esters is 2. The van der Waals surface area contributed by atoms with E-state index < -0.39 is 29.2 Å². The molecule has 2 aromatic rings. The van der Waals surface area contributed by atoms with Gasteiger partial charge in [0.1, 0.15) is 5.78 Å². The number of carbonyl (C=O) groups excluding carboxylic acids is 3. The van der Waals surface area contributed by atoms with Crippen LogP contribution in [0, 0.1) is 5.41 Å². The molecule has 0 heterocycles. The standard InChI is InChI=1S/C26H30O9/c1-30-20-9-7-15(11-22(20)32-3)18-13-17(27)14-19(26(18,24(28)34-5)25(29)35-6)16-8-10-21(31-2)23(12-16)33-4/h7-12,18-19H,13-14H2,1-6H3. The van der Waals surface area contributed by atoms with Crippen LogP contribution >= 0.6 is 0 Å². The summed E-state index contributed by atoms with van der Waals surface area (Å²) in [6.07, 6.45) is -0.132. The number of carbonyl (C=O) groups is 3. The molecule has 2 aromatic carbocycles. The van der Waals surface area contributed by atoms with Crippen LogP contribution in [0.25, 0.3) is 0 Å². The second kappa shape index (κ2) is 10.7. The quantitative estimate of drug-likeness (QED) is 0.410. The second-order valence-electron chi connectivity index (χ2n) is 8.13. The molecule has 0 saturated heterocycles. The molecule has 2 atom stereocenters. The molecular weight excluding hydrogens is 456 g/mol. The Kier molecular flexibility index (Phi) is 7.89. The van der Waals surface area contributed by atoms with Crippen LogP contribution in [0.15, 0.2) is 36.4 Å². The molecule has 0 bridgehead atoms. The van der Waals surface area contributed by atoms with Crippen molar-refractivity contribution in [1.29, 1.82) is 0 Å². The molecule has 2 unspecified atom stereocenters. The first-order chi connectivity index (χ1) is 16.8. The van der Waals surface area contributed by atoms with Gasteiger partial charge in [0.25, 0.3) is 0 Å². The van der Waals surface area contributed by atoms with Crippen LogP contribution in [-0.4, -0.2) is 60.4 Å². The average molecular weight is 487 g/mol. The molecule has 0 spiro atoms. The lowest BCUT2D eigenvalue weighted by atomic mass is 9.56. The van der Waals surface area contributed by atoms with Gasteiger partial charge in [-0.25, -0.2) is 0 Å². The Balaban J connectivity index is 2.32. The Bertz CT molecular complexity index is 1020. The monoisotopic (exact) mass is 486 g/mol. The maximum Gasteiger partial charge on any atom is 0.324 e. The van der Waals surface area contributed by atoms with Gasteiger partial charge in [-0.05, 0) is 35.4 Å². The lowest BCUT2D eigenvalue weighted by molar-refractivity contribution is -0.175. The molecule has 1 aliphatic rings. The summed E-state index contributed by atoms with van der Waals surface area (Å²) >= 11 is 0. The van der Waals surface area contributed by atoms with Gasteiger partial charge in [-0.2, -0.15) is 0 Å². The van der Waals surface area contributed by atoms with Crippen molar-refractivity contribution in [2.75, 3.05) is 42.7 Å². The summed E-state index contributed by atoms with van der Waals surface area (Å²) in [4.78, 5) is 40.2. The van der Waals surface area contributed by atoms with Crippen LogP contribution in [0.4, 0.5) is 0 Å². The molecule has 0 aliphatic heterocycles. The fourth-order valence-electron chi connectivity index (χ4n) is 4.99. The summed E-state index contributed by atoms with van der Waals surface area (Å²) in [7, 11) is 8.38. The maximum atomic E-state index is 13.6. The SMILES string of the molecule is COC(=O)C1(C(=O)OC)C(c2ccc(OC)c(OC)c2)CC(=O)CC1c1ccc(OC)c(OC)c1. The van der Waals surface area contributed by atoms with E-state index in [4.69, 9.17) is 28.4 Å². The second-order valence-corrected chi connectivity index (χ2v) is 8.13. The van der Waals surface area contributed by atoms with Crippen LogP contribution in [0.5, 0.6) is 23.0 Å². The van der Waals surface area contributed by atoms with E-state index >= 15 is 0 Å². The van der Waals surface area contributed by atoms with E-state index in [1.54, 1.807) is 36.4 Å². The number of hydrogen-bond donors (Lipinski definition) is 0. The molecule has 0 amide bonds. The molecule has 0 radical (unpaired) electrons. The molecule has 1 aliphatic carbocycles. The zero-order chi connectivity index (χ0) is 25.8. The van der Waals surface area contributed by atoms with E-state index in [0.29, 0.717) is 34.1 Å². The van der Waals surface area contributed by atoms with Crippen molar-refractivity contribution in [3.05, 3.63) is 47.5 Å². The summed E-state index contributed by atoms with van der Waals surface area (Å²) in [5.74, 6) is -1.75. The summed E-state index contributed by atoms with van der Waals surface area (Å²) in [6, 6.07) is 10.1. The third-order valence-corrected chi connectivity index (χ3v) is 6.63. The van der Waals surface area contributed by atoms with Crippen molar-refractivity contribution in [3.63, 3.8) is 0 Å². The molecule has 3 rings (SSSR count). The van der Waals surface area contributed by atoms with E-state index in [-0.39, 0.29) is 18.6 Å². The number of benzene rings is 2. The topological polar surface area (TPSA) is 107 Å². The predicted octanol–water partition coefficient (Wildman–Crippen LogP) is 3.28. The Morgan fingerprint density at radius 1 is 0.657 bits per heavy atom. The Morgan fingerprint density at radius 3 is 1.34 bits per heavy atom. The summed E-state index contributed by atoms with van der Waals surface area (Å²) in [5, 5.41) is 0. The van der Waals surface area contributed by atoms with E-state index in [2.05, 4.69) is 0 Å². The summed E-state index contributed by atoms with van der Waals surface area (Å²) < 4.78 is 31.9. The number of Topliss-reactive ketones (excluding diaryl/α,β-unsaturated/α-hetero) is 1. The van der Waals surface area contributed by atoms with Crippen molar-refractivity contribution >= 4 is 17.7 Å². The first-order valence-electron chi connectivity index (χ1n) is 10.9. The highest BCUT2D eigenvalue weighted by molar-refractivity contribution is 6.05. The predicted molar refractivity (Wildman–Crippen MR) is 125 cm³/mol. The fraction of sp³-hybridized carbons (Fsp3) is 0.423. The molecule has 9 nitrogen and oxygen atoms in total. The highest BCUT2D eigenvalue weighted by atomic mass is 16.5. The van der Waals surface area contributed by atoms with Gasteiger partial charge in [0.15, 0.2) is 28.4 Å². The van der Waals surface area contributed by atoms with E-state index in [0.717, 1.165) is 0 Å². The lowest BCUT2D eigenvalue weighted by Crippen LogP contribution is -2.54. The van der Waals surface area contributed by atoms with Crippen molar-refractivity contribution < 1.29 is 42.8 Å². The molecule has 1 saturated carbocycles. The van der Waals surface area contributed by atoms with Crippen molar-refractivity contribution in [3.8, 4) is 23.0 Å². The highest BCUT2D eigenvalue weighted by Gasteiger charge is 2.63. The first kappa shape index (κ1) is 25.9. The summed E-state index contributed by atoms with van der Waals surface area (Å²) in [5.41, 5.74) is -0.773. The van der Waals surface area contributed by atoms with Gasteiger partial charge in [-0.1, -0.05) is 12.1 Å². The van der Waals surface area contributed by atoms with Crippen molar-refractivity contribution in [2.24, 2.45) is 5.41 Å². The molecule has 188 valence electrons. The Morgan fingerprint density at radius 2 is 1.03 bits per heavy atom. The number of hydrogen-bond acceptors (Lipinski definition) is 9. The minimum atomic E-state index is -1.85. The Labute approximate surface area is 204 Å². The Hall–Kier alpha value is -3.75. The third-order valence-electron chi connectivity index (χ3n) is 6.63. The average Bonchev–Trinajstić information content (AvgIpc) is 2.90. The van der Waals surface area contributed by atoms with Gasteiger partial charge >= 0.3 is 11.9 Å². The molecular formula is C26H30O9. The van der Waals surface area contributed by atoms with Gasteiger partial charge in [-0.3, -0.25) is 14.4 Å². The normalized spacial score (nSPS) is 18.9. The number of ether oxygens (including phenoxy) is 6. The first-order valence-corrected chi connectivity index (χ1v) is 10.9.